The minimum Gasteiger partial charge on any atom is -0.393 e. The number of aliphatic hydroxyl groups excluding tert-OH is 1. The predicted molar refractivity (Wildman–Crippen MR) is 86.0 cm³/mol. The lowest BCUT2D eigenvalue weighted by Gasteiger charge is -2.28. The first-order valence-corrected chi connectivity index (χ1v) is 8.87. The molecule has 1 aromatic rings. The van der Waals surface area contributed by atoms with E-state index in [2.05, 4.69) is 21.5 Å². The first kappa shape index (κ1) is 15.0. The van der Waals surface area contributed by atoms with E-state index in [9.17, 15) is 5.11 Å². The van der Waals surface area contributed by atoms with E-state index >= 15 is 0 Å². The molecule has 1 aromatic heterocycles. The molecule has 0 amide bonds. The zero-order valence-corrected chi connectivity index (χ0v) is 13.3. The van der Waals surface area contributed by atoms with E-state index in [1.54, 1.807) is 11.3 Å². The number of rotatable bonds is 5. The van der Waals surface area contributed by atoms with Crippen molar-refractivity contribution in [3.05, 3.63) is 21.9 Å². The lowest BCUT2D eigenvalue weighted by Crippen LogP contribution is -2.38. The van der Waals surface area contributed by atoms with Crippen molar-refractivity contribution >= 4 is 17.0 Å². The molecule has 1 aliphatic heterocycles. The first-order valence-electron chi connectivity index (χ1n) is 7.99. The molecule has 1 fully saturated rings. The van der Waals surface area contributed by atoms with Crippen LogP contribution in [0.25, 0.3) is 0 Å². The van der Waals surface area contributed by atoms with Crippen LogP contribution in [0.4, 0.5) is 0 Å². The molecule has 1 N–H and O–H groups in total. The SMILES string of the molecule is OC(CO/N=C1/CCCc2sccc21)CN1CCCCC1. The molecule has 0 spiro atoms. The Balaban J connectivity index is 1.46. The number of aryl methyl sites for hydroxylation is 1. The van der Waals surface area contributed by atoms with E-state index in [1.807, 2.05) is 0 Å². The summed E-state index contributed by atoms with van der Waals surface area (Å²) in [6, 6.07) is 2.13. The van der Waals surface area contributed by atoms with E-state index in [0.717, 1.165) is 38.1 Å². The summed E-state index contributed by atoms with van der Waals surface area (Å²) in [5, 5.41) is 16.4. The van der Waals surface area contributed by atoms with Gasteiger partial charge in [-0.1, -0.05) is 11.6 Å². The van der Waals surface area contributed by atoms with Gasteiger partial charge in [0.05, 0.1) is 5.71 Å². The Morgan fingerprint density at radius 2 is 2.10 bits per heavy atom. The van der Waals surface area contributed by atoms with Crippen molar-refractivity contribution in [3.63, 3.8) is 0 Å². The zero-order valence-electron chi connectivity index (χ0n) is 12.5. The number of thiophene rings is 1. The van der Waals surface area contributed by atoms with E-state index in [0.29, 0.717) is 13.2 Å². The van der Waals surface area contributed by atoms with E-state index in [1.165, 1.54) is 29.7 Å². The Labute approximate surface area is 130 Å². The van der Waals surface area contributed by atoms with Crippen LogP contribution in [0.1, 0.15) is 42.5 Å². The van der Waals surface area contributed by atoms with Gasteiger partial charge >= 0.3 is 0 Å². The smallest absolute Gasteiger partial charge is 0.144 e. The van der Waals surface area contributed by atoms with Crippen LogP contribution < -0.4 is 0 Å². The van der Waals surface area contributed by atoms with Crippen LogP contribution >= 0.6 is 11.3 Å². The van der Waals surface area contributed by atoms with Crippen molar-refractivity contribution in [3.8, 4) is 0 Å². The second kappa shape index (κ2) is 7.38. The van der Waals surface area contributed by atoms with Gasteiger partial charge in [-0.3, -0.25) is 0 Å². The fourth-order valence-corrected chi connectivity index (χ4v) is 4.07. The van der Waals surface area contributed by atoms with Gasteiger partial charge in [0.1, 0.15) is 12.7 Å². The topological polar surface area (TPSA) is 45.1 Å². The summed E-state index contributed by atoms with van der Waals surface area (Å²) in [4.78, 5) is 9.15. The largest absolute Gasteiger partial charge is 0.393 e. The number of hydrogen-bond donors (Lipinski definition) is 1. The van der Waals surface area contributed by atoms with Gasteiger partial charge in [-0.2, -0.15) is 0 Å². The minimum absolute atomic E-state index is 0.291. The van der Waals surface area contributed by atoms with Crippen molar-refractivity contribution in [1.29, 1.82) is 0 Å². The minimum atomic E-state index is -0.446. The van der Waals surface area contributed by atoms with Crippen molar-refractivity contribution in [2.24, 2.45) is 5.16 Å². The summed E-state index contributed by atoms with van der Waals surface area (Å²) >= 11 is 1.80. The molecule has 5 heteroatoms. The van der Waals surface area contributed by atoms with Crippen molar-refractivity contribution in [1.82, 2.24) is 4.90 Å². The summed E-state index contributed by atoms with van der Waals surface area (Å²) in [5.41, 5.74) is 2.29. The maximum absolute atomic E-state index is 10.1. The standard InChI is InChI=1S/C16H24N2O2S/c19-13(11-18-8-2-1-3-9-18)12-20-17-15-5-4-6-16-14(15)7-10-21-16/h7,10,13,19H,1-6,8-9,11-12H2/b17-15-. The van der Waals surface area contributed by atoms with Gasteiger partial charge in [0.25, 0.3) is 0 Å². The number of β-amino-alcohol motifs (C(OH)–C–C–N with tert-alkyl or cyclic N) is 1. The molecule has 1 aliphatic carbocycles. The van der Waals surface area contributed by atoms with Gasteiger partial charge in [-0.25, -0.2) is 0 Å². The summed E-state index contributed by atoms with van der Waals surface area (Å²) in [7, 11) is 0. The molecule has 2 aliphatic rings. The number of nitrogens with zero attached hydrogens (tertiary/aromatic N) is 2. The molecule has 4 nitrogen and oxygen atoms in total. The molecule has 1 saturated heterocycles. The third-order valence-electron chi connectivity index (χ3n) is 4.23. The van der Waals surface area contributed by atoms with Crippen LogP contribution in [0, 0.1) is 0 Å². The van der Waals surface area contributed by atoms with Gasteiger partial charge in [-0.15, -0.1) is 11.3 Å². The van der Waals surface area contributed by atoms with Crippen molar-refractivity contribution in [2.75, 3.05) is 26.2 Å². The fourth-order valence-electron chi connectivity index (χ4n) is 3.13. The normalized spacial score (nSPS) is 23.0. The van der Waals surface area contributed by atoms with E-state index < -0.39 is 6.10 Å². The van der Waals surface area contributed by atoms with Gasteiger partial charge in [0.2, 0.25) is 0 Å². The van der Waals surface area contributed by atoms with E-state index in [4.69, 9.17) is 4.84 Å². The molecule has 0 aromatic carbocycles. The molecule has 21 heavy (non-hydrogen) atoms. The van der Waals surface area contributed by atoms with Gasteiger partial charge < -0.3 is 14.8 Å². The summed E-state index contributed by atoms with van der Waals surface area (Å²) < 4.78 is 0. The second-order valence-corrected chi connectivity index (χ2v) is 6.96. The lowest BCUT2D eigenvalue weighted by molar-refractivity contribution is 0.0156. The number of likely N-dealkylation sites (tertiary alicyclic amines) is 1. The predicted octanol–water partition coefficient (Wildman–Crippen LogP) is 2.65. The summed E-state index contributed by atoms with van der Waals surface area (Å²) in [5.74, 6) is 0. The van der Waals surface area contributed by atoms with Crippen LogP contribution in [0.15, 0.2) is 16.6 Å². The average molecular weight is 308 g/mol. The number of hydrogen-bond acceptors (Lipinski definition) is 5. The maximum atomic E-state index is 10.1. The Morgan fingerprint density at radius 3 is 2.95 bits per heavy atom. The quantitative estimate of drug-likeness (QED) is 0.851. The van der Waals surface area contributed by atoms with Gasteiger partial charge in [0.15, 0.2) is 0 Å². The maximum Gasteiger partial charge on any atom is 0.144 e. The van der Waals surface area contributed by atoms with Crippen molar-refractivity contribution < 1.29 is 9.94 Å². The molecule has 116 valence electrons. The average Bonchev–Trinajstić information content (AvgIpc) is 2.97. The highest BCUT2D eigenvalue weighted by atomic mass is 32.1. The Morgan fingerprint density at radius 1 is 1.24 bits per heavy atom. The highest BCUT2D eigenvalue weighted by Gasteiger charge is 2.18. The lowest BCUT2D eigenvalue weighted by atomic mass is 9.97. The summed E-state index contributed by atoms with van der Waals surface area (Å²) in [6.07, 6.45) is 6.65. The molecule has 0 saturated carbocycles. The number of fused-ring (bicyclic) bond motifs is 1. The Hall–Kier alpha value is -0.910. The fraction of sp³-hybridized carbons (Fsp3) is 0.688. The molecule has 0 bridgehead atoms. The second-order valence-electron chi connectivity index (χ2n) is 5.96. The van der Waals surface area contributed by atoms with Crippen LogP contribution in [0.5, 0.6) is 0 Å². The Bertz CT molecular complexity index is 480. The van der Waals surface area contributed by atoms with Crippen LogP contribution in [-0.4, -0.2) is 48.1 Å². The molecule has 1 unspecified atom stereocenters. The molecule has 3 rings (SSSR count). The number of piperidine rings is 1. The molecular weight excluding hydrogens is 284 g/mol. The number of oxime groups is 1. The third kappa shape index (κ3) is 4.05. The highest BCUT2D eigenvalue weighted by Crippen LogP contribution is 2.26. The third-order valence-corrected chi connectivity index (χ3v) is 5.21. The van der Waals surface area contributed by atoms with Gasteiger partial charge in [-0.05, 0) is 56.6 Å². The number of aliphatic hydroxyl groups is 1. The van der Waals surface area contributed by atoms with Crippen LogP contribution in [-0.2, 0) is 11.3 Å². The Kier molecular flexibility index (Phi) is 5.27. The highest BCUT2D eigenvalue weighted by molar-refractivity contribution is 7.10. The molecule has 1 atom stereocenters. The van der Waals surface area contributed by atoms with E-state index in [-0.39, 0.29) is 0 Å². The molecule has 0 radical (unpaired) electrons. The monoisotopic (exact) mass is 308 g/mol. The van der Waals surface area contributed by atoms with Gasteiger partial charge in [0, 0.05) is 17.0 Å². The molecular formula is C16H24N2O2S. The van der Waals surface area contributed by atoms with Crippen LogP contribution in [0.3, 0.4) is 0 Å². The van der Waals surface area contributed by atoms with Crippen LogP contribution in [0.2, 0.25) is 0 Å². The van der Waals surface area contributed by atoms with Crippen molar-refractivity contribution in [2.45, 2.75) is 44.6 Å². The summed E-state index contributed by atoms with van der Waals surface area (Å²) in [6.45, 7) is 3.20. The molecule has 2 heterocycles. The first-order chi connectivity index (χ1) is 10.3. The zero-order chi connectivity index (χ0) is 14.5.